The zero-order valence-corrected chi connectivity index (χ0v) is 24.3. The van der Waals surface area contributed by atoms with Gasteiger partial charge in [0, 0.05) is 36.1 Å². The number of hydrogen-bond donors (Lipinski definition) is 0. The minimum atomic E-state index is -3.85. The van der Waals surface area contributed by atoms with Crippen LogP contribution in [0, 0.1) is 0 Å². The van der Waals surface area contributed by atoms with Crippen LogP contribution >= 0.6 is 11.6 Å². The number of halogens is 1. The number of rotatable bonds is 6. The maximum absolute atomic E-state index is 14.0. The lowest BCUT2D eigenvalue weighted by Crippen LogP contribution is -2.54. The standard InChI is InChI=1S/C30H40ClN3O4S/c1-23-29(24-8-4-2-5-9-24)15-12-27(34(23)39(36,37)28-13-10-25(31)11-14-28)22-38-30(35)33-20-16-26(17-21-33)32-18-6-3-7-19-32/h2,4-5,8-11,13-14,23,26-27,29H,3,6-7,12,15-22H2,1H3. The van der Waals surface area contributed by atoms with E-state index in [2.05, 4.69) is 17.0 Å². The smallest absolute Gasteiger partial charge is 0.409 e. The largest absolute Gasteiger partial charge is 0.448 e. The molecule has 0 aromatic heterocycles. The van der Waals surface area contributed by atoms with Crippen molar-refractivity contribution in [2.75, 3.05) is 32.8 Å². The lowest BCUT2D eigenvalue weighted by atomic mass is 9.83. The van der Waals surface area contributed by atoms with E-state index in [4.69, 9.17) is 16.3 Å². The molecular weight excluding hydrogens is 534 g/mol. The lowest BCUT2D eigenvalue weighted by molar-refractivity contribution is 0.0437. The molecule has 3 aliphatic heterocycles. The molecule has 3 saturated heterocycles. The van der Waals surface area contributed by atoms with Crippen molar-refractivity contribution in [3.63, 3.8) is 0 Å². The van der Waals surface area contributed by atoms with Crippen LogP contribution in [-0.2, 0) is 14.8 Å². The molecular formula is C30H40ClN3O4S. The second-order valence-corrected chi connectivity index (χ2v) is 13.4. The average molecular weight is 574 g/mol. The number of nitrogens with zero attached hydrogens (tertiary/aromatic N) is 3. The molecule has 2 aromatic rings. The van der Waals surface area contributed by atoms with Gasteiger partial charge in [-0.2, -0.15) is 4.31 Å². The maximum atomic E-state index is 14.0. The fourth-order valence-corrected chi connectivity index (χ4v) is 8.64. The topological polar surface area (TPSA) is 70.2 Å². The van der Waals surface area contributed by atoms with Crippen LogP contribution in [0.25, 0.3) is 0 Å². The number of hydrogen-bond acceptors (Lipinski definition) is 5. The molecule has 0 aliphatic carbocycles. The van der Waals surface area contributed by atoms with Crippen molar-refractivity contribution in [2.24, 2.45) is 0 Å². The van der Waals surface area contributed by atoms with Crippen LogP contribution in [-0.4, -0.2) is 79.5 Å². The molecule has 3 unspecified atom stereocenters. The predicted octanol–water partition coefficient (Wildman–Crippen LogP) is 5.75. The first kappa shape index (κ1) is 28.4. The third kappa shape index (κ3) is 6.45. The molecule has 0 radical (unpaired) electrons. The van der Waals surface area contributed by atoms with Gasteiger partial charge < -0.3 is 14.5 Å². The summed E-state index contributed by atoms with van der Waals surface area (Å²) in [6, 6.07) is 16.2. The Labute approximate surface area is 238 Å². The Balaban J connectivity index is 1.27. The number of carbonyl (C=O) groups is 1. The molecule has 212 valence electrons. The Kier molecular flexibility index (Phi) is 9.16. The minimum Gasteiger partial charge on any atom is -0.448 e. The quantitative estimate of drug-likeness (QED) is 0.440. The van der Waals surface area contributed by atoms with Gasteiger partial charge in [0.1, 0.15) is 6.61 Å². The molecule has 7 nitrogen and oxygen atoms in total. The minimum absolute atomic E-state index is 0.0452. The van der Waals surface area contributed by atoms with Crippen molar-refractivity contribution in [1.82, 2.24) is 14.1 Å². The summed E-state index contributed by atoms with van der Waals surface area (Å²) in [6.45, 7) is 5.70. The summed E-state index contributed by atoms with van der Waals surface area (Å²) in [5.74, 6) is 0.0500. The first-order valence-electron chi connectivity index (χ1n) is 14.3. The molecule has 5 rings (SSSR count). The van der Waals surface area contributed by atoms with Crippen molar-refractivity contribution in [1.29, 1.82) is 0 Å². The van der Waals surface area contributed by atoms with Crippen molar-refractivity contribution in [3.8, 4) is 0 Å². The Bertz CT molecular complexity index is 1200. The van der Waals surface area contributed by atoms with E-state index in [9.17, 15) is 13.2 Å². The SMILES string of the molecule is CC1C(c2ccccc2)CCC(COC(=O)N2CCC(N3CCCCC3)CC2)N1S(=O)(=O)c1ccc(Cl)cc1. The highest BCUT2D eigenvalue weighted by atomic mass is 35.5. The Morgan fingerprint density at radius 3 is 2.23 bits per heavy atom. The number of amides is 1. The summed E-state index contributed by atoms with van der Waals surface area (Å²) in [4.78, 5) is 17.6. The highest BCUT2D eigenvalue weighted by Gasteiger charge is 2.43. The summed E-state index contributed by atoms with van der Waals surface area (Å²) in [6.07, 6.45) is 6.87. The molecule has 1 amide bonds. The van der Waals surface area contributed by atoms with E-state index in [0.717, 1.165) is 37.9 Å². The van der Waals surface area contributed by atoms with Crippen molar-refractivity contribution in [3.05, 3.63) is 65.2 Å². The monoisotopic (exact) mass is 573 g/mol. The summed E-state index contributed by atoms with van der Waals surface area (Å²) >= 11 is 6.05. The maximum Gasteiger partial charge on any atom is 0.409 e. The first-order chi connectivity index (χ1) is 18.8. The molecule has 3 atom stereocenters. The number of piperidine rings is 3. The van der Waals surface area contributed by atoms with E-state index in [1.807, 2.05) is 25.1 Å². The fraction of sp³-hybridized carbons (Fsp3) is 0.567. The third-order valence-electron chi connectivity index (χ3n) is 8.80. The van der Waals surface area contributed by atoms with Gasteiger partial charge in [-0.25, -0.2) is 13.2 Å². The fourth-order valence-electron chi connectivity index (χ4n) is 6.65. The van der Waals surface area contributed by atoms with Crippen LogP contribution in [0.15, 0.2) is 59.5 Å². The van der Waals surface area contributed by atoms with Crippen LogP contribution in [0.5, 0.6) is 0 Å². The van der Waals surface area contributed by atoms with E-state index in [0.29, 0.717) is 30.6 Å². The van der Waals surface area contributed by atoms with Crippen LogP contribution in [0.4, 0.5) is 4.79 Å². The summed E-state index contributed by atoms with van der Waals surface area (Å²) in [5.41, 5.74) is 1.12. The molecule has 3 aliphatic rings. The van der Waals surface area contributed by atoms with Gasteiger partial charge in [-0.3, -0.25) is 0 Å². The summed E-state index contributed by atoms with van der Waals surface area (Å²) < 4.78 is 35.3. The Morgan fingerprint density at radius 1 is 0.897 bits per heavy atom. The highest BCUT2D eigenvalue weighted by Crippen LogP contribution is 2.39. The summed E-state index contributed by atoms with van der Waals surface area (Å²) in [5, 5.41) is 0.484. The van der Waals surface area contributed by atoms with Gasteiger partial charge in [0.2, 0.25) is 10.0 Å². The van der Waals surface area contributed by atoms with Crippen molar-refractivity contribution < 1.29 is 17.9 Å². The first-order valence-corrected chi connectivity index (χ1v) is 16.2. The van der Waals surface area contributed by atoms with Gasteiger partial charge >= 0.3 is 6.09 Å². The normalized spacial score (nSPS) is 25.9. The number of ether oxygens (including phenoxy) is 1. The van der Waals surface area contributed by atoms with Gasteiger partial charge in [-0.15, -0.1) is 0 Å². The van der Waals surface area contributed by atoms with E-state index < -0.39 is 16.1 Å². The third-order valence-corrected chi connectivity index (χ3v) is 11.1. The molecule has 3 fully saturated rings. The van der Waals surface area contributed by atoms with E-state index >= 15 is 0 Å². The lowest BCUT2D eigenvalue weighted by Gasteiger charge is -2.44. The molecule has 39 heavy (non-hydrogen) atoms. The average Bonchev–Trinajstić information content (AvgIpc) is 2.97. The Morgan fingerprint density at radius 2 is 1.56 bits per heavy atom. The van der Waals surface area contributed by atoms with Gasteiger partial charge in [0.15, 0.2) is 0 Å². The second kappa shape index (κ2) is 12.6. The second-order valence-electron chi connectivity index (χ2n) is 11.2. The summed E-state index contributed by atoms with van der Waals surface area (Å²) in [7, 11) is -3.85. The molecule has 0 N–H and O–H groups in total. The molecule has 3 heterocycles. The van der Waals surface area contributed by atoms with Crippen LogP contribution in [0.2, 0.25) is 5.02 Å². The molecule has 9 heteroatoms. The van der Waals surface area contributed by atoms with Crippen molar-refractivity contribution >= 4 is 27.7 Å². The van der Waals surface area contributed by atoms with Gasteiger partial charge in [-0.05, 0) is 88.4 Å². The number of benzene rings is 2. The zero-order chi connectivity index (χ0) is 27.4. The van der Waals surface area contributed by atoms with Gasteiger partial charge in [0.25, 0.3) is 0 Å². The van der Waals surface area contributed by atoms with E-state index in [-0.39, 0.29) is 29.6 Å². The van der Waals surface area contributed by atoms with Gasteiger partial charge in [-0.1, -0.05) is 48.4 Å². The number of sulfonamides is 1. The number of likely N-dealkylation sites (tertiary alicyclic amines) is 2. The van der Waals surface area contributed by atoms with Crippen molar-refractivity contribution in [2.45, 2.75) is 80.8 Å². The van der Waals surface area contributed by atoms with Crippen LogP contribution < -0.4 is 0 Å². The highest BCUT2D eigenvalue weighted by molar-refractivity contribution is 7.89. The zero-order valence-electron chi connectivity index (χ0n) is 22.8. The molecule has 0 spiro atoms. The van der Waals surface area contributed by atoms with E-state index in [1.165, 1.54) is 19.3 Å². The van der Waals surface area contributed by atoms with E-state index in [1.54, 1.807) is 33.5 Å². The Hall–Kier alpha value is -2.13. The van der Waals surface area contributed by atoms with Crippen LogP contribution in [0.3, 0.4) is 0 Å². The number of carbonyl (C=O) groups excluding carboxylic acids is 1. The molecule has 0 bridgehead atoms. The van der Waals surface area contributed by atoms with Crippen LogP contribution in [0.1, 0.15) is 63.4 Å². The molecule has 0 saturated carbocycles. The predicted molar refractivity (Wildman–Crippen MR) is 154 cm³/mol. The van der Waals surface area contributed by atoms with Gasteiger partial charge in [0.05, 0.1) is 10.9 Å². The molecule has 2 aromatic carbocycles.